The average Bonchev–Trinajstić information content (AvgIpc) is 3.42. The Bertz CT molecular complexity index is 1290. The van der Waals surface area contributed by atoms with Crippen molar-refractivity contribution in [3.05, 3.63) is 87.9 Å². The highest BCUT2D eigenvalue weighted by Gasteiger charge is 2.22. The lowest BCUT2D eigenvalue weighted by molar-refractivity contribution is 0.0948. The third-order valence-corrected chi connectivity index (χ3v) is 6.06. The van der Waals surface area contributed by atoms with Crippen LogP contribution in [-0.4, -0.2) is 21.6 Å². The number of anilines is 1. The summed E-state index contributed by atoms with van der Waals surface area (Å²) in [6.45, 7) is 4.25. The number of primary amides is 1. The topological polar surface area (TPSA) is 116 Å². The molecule has 162 valence electrons. The van der Waals surface area contributed by atoms with Gasteiger partial charge in [0.25, 0.3) is 11.8 Å². The van der Waals surface area contributed by atoms with Crippen LogP contribution in [0, 0.1) is 13.8 Å². The van der Waals surface area contributed by atoms with Gasteiger partial charge in [0.05, 0.1) is 16.3 Å². The molecule has 0 saturated heterocycles. The first-order chi connectivity index (χ1) is 15.3. The molecule has 7 nitrogen and oxygen atoms in total. The number of hydrogen-bond acceptors (Lipinski definition) is 5. The SMILES string of the molecule is Cc1ccc(C)c(C(=O)NCc2ccc(-n3nc(-c4cccs4)c(N)c3C(N)=O)cc2)c1. The van der Waals surface area contributed by atoms with E-state index in [0.29, 0.717) is 23.5 Å². The first kappa shape index (κ1) is 21.3. The summed E-state index contributed by atoms with van der Waals surface area (Å²) in [5, 5.41) is 9.40. The summed E-state index contributed by atoms with van der Waals surface area (Å²) in [5.41, 5.74) is 16.9. The van der Waals surface area contributed by atoms with Crippen molar-refractivity contribution in [1.82, 2.24) is 15.1 Å². The Labute approximate surface area is 189 Å². The minimum absolute atomic E-state index is 0.119. The Morgan fingerprint density at radius 3 is 2.50 bits per heavy atom. The Balaban J connectivity index is 1.55. The molecule has 0 atom stereocenters. The highest BCUT2D eigenvalue weighted by Crippen LogP contribution is 2.32. The van der Waals surface area contributed by atoms with Gasteiger partial charge in [-0.2, -0.15) is 5.10 Å². The van der Waals surface area contributed by atoms with Crippen LogP contribution in [0.5, 0.6) is 0 Å². The molecular weight excluding hydrogens is 422 g/mol. The lowest BCUT2D eigenvalue weighted by atomic mass is 10.0. The number of benzene rings is 2. The molecule has 0 fully saturated rings. The Morgan fingerprint density at radius 2 is 1.84 bits per heavy atom. The second kappa shape index (κ2) is 8.68. The number of carbonyl (C=O) groups is 2. The molecule has 0 saturated carbocycles. The fraction of sp³-hybridized carbons (Fsp3) is 0.125. The number of hydrogen-bond donors (Lipinski definition) is 3. The van der Waals surface area contributed by atoms with Crippen LogP contribution < -0.4 is 16.8 Å². The van der Waals surface area contributed by atoms with Crippen LogP contribution in [0.3, 0.4) is 0 Å². The van der Waals surface area contributed by atoms with Gasteiger partial charge in [-0.05, 0) is 54.6 Å². The molecule has 2 aromatic carbocycles. The smallest absolute Gasteiger partial charge is 0.269 e. The van der Waals surface area contributed by atoms with Crippen molar-refractivity contribution in [2.24, 2.45) is 5.73 Å². The molecule has 4 rings (SSSR count). The normalized spacial score (nSPS) is 10.8. The van der Waals surface area contributed by atoms with E-state index < -0.39 is 5.91 Å². The highest BCUT2D eigenvalue weighted by molar-refractivity contribution is 7.13. The number of aryl methyl sites for hydroxylation is 2. The average molecular weight is 446 g/mol. The minimum Gasteiger partial charge on any atom is -0.395 e. The number of rotatable bonds is 6. The van der Waals surface area contributed by atoms with E-state index in [4.69, 9.17) is 11.5 Å². The zero-order valence-corrected chi connectivity index (χ0v) is 18.6. The predicted octanol–water partition coefficient (Wildman–Crippen LogP) is 3.83. The summed E-state index contributed by atoms with van der Waals surface area (Å²) in [4.78, 5) is 25.5. The van der Waals surface area contributed by atoms with Crippen molar-refractivity contribution in [1.29, 1.82) is 0 Å². The Morgan fingerprint density at radius 1 is 1.09 bits per heavy atom. The van der Waals surface area contributed by atoms with Gasteiger partial charge in [0.15, 0.2) is 5.69 Å². The van der Waals surface area contributed by atoms with E-state index in [0.717, 1.165) is 21.6 Å². The molecule has 0 aliphatic rings. The fourth-order valence-corrected chi connectivity index (χ4v) is 4.19. The lowest BCUT2D eigenvalue weighted by Gasteiger charge is -2.10. The standard InChI is InChI=1S/C24H23N5O2S/c1-14-5-6-15(2)18(12-14)24(31)27-13-16-7-9-17(10-8-16)29-22(23(26)30)20(25)21(28-29)19-4-3-11-32-19/h3-12H,13,25H2,1-2H3,(H2,26,30)(H,27,31). The zero-order chi connectivity index (χ0) is 22.8. The van der Waals surface area contributed by atoms with Gasteiger partial charge in [0.1, 0.15) is 5.69 Å². The van der Waals surface area contributed by atoms with Gasteiger partial charge < -0.3 is 16.8 Å². The van der Waals surface area contributed by atoms with Crippen molar-refractivity contribution < 1.29 is 9.59 Å². The molecule has 8 heteroatoms. The molecule has 0 spiro atoms. The van der Waals surface area contributed by atoms with Crippen molar-refractivity contribution in [2.75, 3.05) is 5.73 Å². The molecule has 4 aromatic rings. The number of nitrogens with zero attached hydrogens (tertiary/aromatic N) is 2. The molecule has 2 heterocycles. The quantitative estimate of drug-likeness (QED) is 0.418. The highest BCUT2D eigenvalue weighted by atomic mass is 32.1. The van der Waals surface area contributed by atoms with Gasteiger partial charge in [0.2, 0.25) is 0 Å². The van der Waals surface area contributed by atoms with Gasteiger partial charge in [-0.3, -0.25) is 9.59 Å². The van der Waals surface area contributed by atoms with Gasteiger partial charge in [0, 0.05) is 12.1 Å². The van der Waals surface area contributed by atoms with Gasteiger partial charge in [-0.15, -0.1) is 11.3 Å². The number of thiophene rings is 1. The van der Waals surface area contributed by atoms with Gasteiger partial charge in [-0.25, -0.2) is 4.68 Å². The predicted molar refractivity (Wildman–Crippen MR) is 127 cm³/mol. The van der Waals surface area contributed by atoms with Crippen LogP contribution in [0.25, 0.3) is 16.3 Å². The summed E-state index contributed by atoms with van der Waals surface area (Å²) >= 11 is 1.48. The summed E-state index contributed by atoms with van der Waals surface area (Å²) in [7, 11) is 0. The third kappa shape index (κ3) is 4.13. The maximum Gasteiger partial charge on any atom is 0.269 e. The Kier molecular flexibility index (Phi) is 5.79. The number of nitrogen functional groups attached to an aromatic ring is 1. The van der Waals surface area contributed by atoms with E-state index in [-0.39, 0.29) is 17.3 Å². The number of aromatic nitrogens is 2. The zero-order valence-electron chi connectivity index (χ0n) is 17.8. The Hall–Kier alpha value is -3.91. The van der Waals surface area contributed by atoms with E-state index in [1.54, 1.807) is 0 Å². The van der Waals surface area contributed by atoms with Crippen LogP contribution in [-0.2, 0) is 6.54 Å². The molecule has 0 aliphatic heterocycles. The molecule has 5 N–H and O–H groups in total. The second-order valence-electron chi connectivity index (χ2n) is 7.53. The molecule has 2 amide bonds. The fourth-order valence-electron chi connectivity index (χ4n) is 3.46. The monoisotopic (exact) mass is 445 g/mol. The van der Waals surface area contributed by atoms with Crippen LogP contribution in [0.4, 0.5) is 5.69 Å². The van der Waals surface area contributed by atoms with E-state index in [1.165, 1.54) is 16.0 Å². The number of nitrogens with one attached hydrogen (secondary N) is 1. The summed E-state index contributed by atoms with van der Waals surface area (Å²) in [6, 6.07) is 17.0. The van der Waals surface area contributed by atoms with Crippen LogP contribution in [0.15, 0.2) is 60.0 Å². The van der Waals surface area contributed by atoms with Crippen molar-refractivity contribution in [2.45, 2.75) is 20.4 Å². The largest absolute Gasteiger partial charge is 0.395 e. The van der Waals surface area contributed by atoms with E-state index in [9.17, 15) is 9.59 Å². The molecular formula is C24H23N5O2S. The van der Waals surface area contributed by atoms with Crippen LogP contribution in [0.2, 0.25) is 0 Å². The van der Waals surface area contributed by atoms with E-state index in [1.807, 2.05) is 73.8 Å². The maximum atomic E-state index is 12.6. The minimum atomic E-state index is -0.650. The third-order valence-electron chi connectivity index (χ3n) is 5.18. The maximum absolute atomic E-state index is 12.6. The number of nitrogens with two attached hydrogens (primary N) is 2. The first-order valence-electron chi connectivity index (χ1n) is 10.0. The van der Waals surface area contributed by atoms with Crippen LogP contribution >= 0.6 is 11.3 Å². The number of carbonyl (C=O) groups excluding carboxylic acids is 2. The summed E-state index contributed by atoms with van der Waals surface area (Å²) in [5.74, 6) is -0.769. The molecule has 0 unspecified atom stereocenters. The van der Waals surface area contributed by atoms with Crippen LogP contribution in [0.1, 0.15) is 37.5 Å². The van der Waals surface area contributed by atoms with Gasteiger partial charge in [-0.1, -0.05) is 35.9 Å². The van der Waals surface area contributed by atoms with E-state index in [2.05, 4.69) is 10.4 Å². The lowest BCUT2D eigenvalue weighted by Crippen LogP contribution is -2.23. The molecule has 0 bridgehead atoms. The molecule has 0 radical (unpaired) electrons. The summed E-state index contributed by atoms with van der Waals surface area (Å²) < 4.78 is 1.46. The molecule has 32 heavy (non-hydrogen) atoms. The number of amides is 2. The van der Waals surface area contributed by atoms with Gasteiger partial charge >= 0.3 is 0 Å². The van der Waals surface area contributed by atoms with Crippen molar-refractivity contribution >= 4 is 28.8 Å². The summed E-state index contributed by atoms with van der Waals surface area (Å²) in [6.07, 6.45) is 0. The molecule has 0 aliphatic carbocycles. The second-order valence-corrected chi connectivity index (χ2v) is 8.48. The molecule has 2 aromatic heterocycles. The first-order valence-corrected chi connectivity index (χ1v) is 10.9. The van der Waals surface area contributed by atoms with Crippen molar-refractivity contribution in [3.63, 3.8) is 0 Å². The van der Waals surface area contributed by atoms with E-state index >= 15 is 0 Å². The van der Waals surface area contributed by atoms with Crippen molar-refractivity contribution in [3.8, 4) is 16.3 Å².